The van der Waals surface area contributed by atoms with Gasteiger partial charge in [-0.15, -0.1) is 0 Å². The fourth-order valence-corrected chi connectivity index (χ4v) is 3.02. The van der Waals surface area contributed by atoms with Crippen LogP contribution in [0.5, 0.6) is 0 Å². The molecule has 6 nitrogen and oxygen atoms in total. The molecule has 0 aliphatic carbocycles. The highest BCUT2D eigenvalue weighted by Gasteiger charge is 2.36. The topological polar surface area (TPSA) is 75.7 Å². The summed E-state index contributed by atoms with van der Waals surface area (Å²) in [4.78, 5) is 38.0. The Labute approximate surface area is 162 Å². The zero-order valence-corrected chi connectivity index (χ0v) is 15.5. The standard InChI is InChI=1S/C20H19ClN2O4/c1-13-4-2-3-5-17(13)22-18(24)12-27-20(26)14-10-19(25)23(11-14)16-8-6-15(21)7-9-16/h2-9,14H,10-12H2,1H3,(H,22,24)/t14-/m0/s1. The molecule has 1 N–H and O–H groups in total. The van der Waals surface area contributed by atoms with Gasteiger partial charge < -0.3 is 15.0 Å². The van der Waals surface area contributed by atoms with E-state index < -0.39 is 24.4 Å². The first-order chi connectivity index (χ1) is 12.9. The van der Waals surface area contributed by atoms with E-state index in [-0.39, 0.29) is 18.9 Å². The summed E-state index contributed by atoms with van der Waals surface area (Å²) < 4.78 is 5.10. The average molecular weight is 387 g/mol. The van der Waals surface area contributed by atoms with Crippen molar-refractivity contribution in [3.63, 3.8) is 0 Å². The van der Waals surface area contributed by atoms with Crippen molar-refractivity contribution in [3.8, 4) is 0 Å². The van der Waals surface area contributed by atoms with Crippen LogP contribution in [-0.2, 0) is 19.1 Å². The van der Waals surface area contributed by atoms with Crippen molar-refractivity contribution in [2.75, 3.05) is 23.4 Å². The number of hydrogen-bond acceptors (Lipinski definition) is 4. The first kappa shape index (κ1) is 18.9. The van der Waals surface area contributed by atoms with Crippen LogP contribution in [0.15, 0.2) is 48.5 Å². The van der Waals surface area contributed by atoms with Gasteiger partial charge in [-0.25, -0.2) is 0 Å². The van der Waals surface area contributed by atoms with Crippen LogP contribution in [0.25, 0.3) is 0 Å². The van der Waals surface area contributed by atoms with Crippen LogP contribution in [0.4, 0.5) is 11.4 Å². The normalized spacial score (nSPS) is 16.3. The van der Waals surface area contributed by atoms with E-state index in [9.17, 15) is 14.4 Å². The molecule has 3 rings (SSSR count). The highest BCUT2D eigenvalue weighted by atomic mass is 35.5. The van der Waals surface area contributed by atoms with Crippen molar-refractivity contribution in [3.05, 3.63) is 59.1 Å². The number of rotatable bonds is 5. The Morgan fingerprint density at radius 2 is 1.89 bits per heavy atom. The molecule has 2 aromatic rings. The molecule has 0 spiro atoms. The summed E-state index contributed by atoms with van der Waals surface area (Å²) in [5, 5.41) is 3.27. The van der Waals surface area contributed by atoms with Gasteiger partial charge in [0.1, 0.15) is 0 Å². The van der Waals surface area contributed by atoms with E-state index in [4.69, 9.17) is 16.3 Å². The van der Waals surface area contributed by atoms with Gasteiger partial charge in [-0.3, -0.25) is 14.4 Å². The van der Waals surface area contributed by atoms with Crippen molar-refractivity contribution in [1.29, 1.82) is 0 Å². The Morgan fingerprint density at radius 1 is 1.19 bits per heavy atom. The zero-order chi connectivity index (χ0) is 19.4. The maximum absolute atomic E-state index is 12.2. The SMILES string of the molecule is Cc1ccccc1NC(=O)COC(=O)[C@H]1CC(=O)N(c2ccc(Cl)cc2)C1. The van der Waals surface area contributed by atoms with Crippen LogP contribution in [0.2, 0.25) is 5.02 Å². The predicted molar refractivity (Wildman–Crippen MR) is 103 cm³/mol. The highest BCUT2D eigenvalue weighted by molar-refractivity contribution is 6.30. The number of anilines is 2. The molecule has 0 bridgehead atoms. The number of carbonyl (C=O) groups is 3. The summed E-state index contributed by atoms with van der Waals surface area (Å²) in [6.45, 7) is 1.70. The number of aryl methyl sites for hydroxylation is 1. The maximum atomic E-state index is 12.2. The average Bonchev–Trinajstić information content (AvgIpc) is 3.04. The van der Waals surface area contributed by atoms with E-state index in [1.807, 2.05) is 25.1 Å². The number of esters is 1. The summed E-state index contributed by atoms with van der Waals surface area (Å²) in [6.07, 6.45) is 0.0564. The van der Waals surface area contributed by atoms with Gasteiger partial charge in [-0.2, -0.15) is 0 Å². The molecule has 27 heavy (non-hydrogen) atoms. The quantitative estimate of drug-likeness (QED) is 0.801. The summed E-state index contributed by atoms with van der Waals surface area (Å²) in [6, 6.07) is 14.1. The van der Waals surface area contributed by atoms with Gasteiger partial charge in [-0.05, 0) is 42.8 Å². The van der Waals surface area contributed by atoms with Crippen molar-refractivity contribution in [2.45, 2.75) is 13.3 Å². The second-order valence-electron chi connectivity index (χ2n) is 6.35. The monoisotopic (exact) mass is 386 g/mol. The first-order valence-corrected chi connectivity index (χ1v) is 8.90. The van der Waals surface area contributed by atoms with Gasteiger partial charge in [0.2, 0.25) is 5.91 Å². The minimum atomic E-state index is -0.598. The number of ether oxygens (including phenoxy) is 1. The van der Waals surface area contributed by atoms with Crippen LogP contribution in [0.3, 0.4) is 0 Å². The Bertz CT molecular complexity index is 867. The molecule has 7 heteroatoms. The molecule has 1 saturated heterocycles. The van der Waals surface area contributed by atoms with Gasteiger partial charge in [0.05, 0.1) is 5.92 Å². The Hall–Kier alpha value is -2.86. The summed E-state index contributed by atoms with van der Waals surface area (Å²) >= 11 is 5.86. The van der Waals surface area contributed by atoms with Gasteiger partial charge >= 0.3 is 5.97 Å². The van der Waals surface area contributed by atoms with Crippen molar-refractivity contribution in [1.82, 2.24) is 0 Å². The lowest BCUT2D eigenvalue weighted by molar-refractivity contribution is -0.151. The molecule has 0 radical (unpaired) electrons. The molecule has 0 aromatic heterocycles. The lowest BCUT2D eigenvalue weighted by atomic mass is 10.1. The first-order valence-electron chi connectivity index (χ1n) is 8.52. The van der Waals surface area contributed by atoms with E-state index in [1.54, 1.807) is 30.3 Å². The van der Waals surface area contributed by atoms with E-state index in [1.165, 1.54) is 4.90 Å². The molecule has 1 fully saturated rings. The van der Waals surface area contributed by atoms with E-state index in [0.717, 1.165) is 5.56 Å². The van der Waals surface area contributed by atoms with Crippen LogP contribution in [0.1, 0.15) is 12.0 Å². The highest BCUT2D eigenvalue weighted by Crippen LogP contribution is 2.27. The molecular weight excluding hydrogens is 368 g/mol. The number of para-hydroxylation sites is 1. The van der Waals surface area contributed by atoms with E-state index in [0.29, 0.717) is 16.4 Å². The third-order valence-corrected chi connectivity index (χ3v) is 4.61. The van der Waals surface area contributed by atoms with Crippen LogP contribution in [0, 0.1) is 12.8 Å². The van der Waals surface area contributed by atoms with E-state index >= 15 is 0 Å². The third kappa shape index (κ3) is 4.65. The number of carbonyl (C=O) groups excluding carboxylic acids is 3. The molecule has 0 unspecified atom stereocenters. The minimum absolute atomic E-state index is 0.0564. The molecule has 0 saturated carbocycles. The Kier molecular flexibility index (Phi) is 5.76. The van der Waals surface area contributed by atoms with Gasteiger partial charge in [-0.1, -0.05) is 29.8 Å². The van der Waals surface area contributed by atoms with Gasteiger partial charge in [0.25, 0.3) is 5.91 Å². The Morgan fingerprint density at radius 3 is 2.59 bits per heavy atom. The number of amides is 2. The smallest absolute Gasteiger partial charge is 0.311 e. The van der Waals surface area contributed by atoms with Crippen molar-refractivity contribution in [2.24, 2.45) is 5.92 Å². The molecule has 2 aromatic carbocycles. The molecule has 1 heterocycles. The van der Waals surface area contributed by atoms with Crippen molar-refractivity contribution >= 4 is 40.8 Å². The summed E-state index contributed by atoms with van der Waals surface area (Å²) in [5.41, 5.74) is 2.26. The number of hydrogen-bond donors (Lipinski definition) is 1. The fourth-order valence-electron chi connectivity index (χ4n) is 2.89. The number of halogens is 1. The second-order valence-corrected chi connectivity index (χ2v) is 6.79. The lowest BCUT2D eigenvalue weighted by Gasteiger charge is -2.16. The molecule has 1 atom stereocenters. The number of nitrogens with zero attached hydrogens (tertiary/aromatic N) is 1. The lowest BCUT2D eigenvalue weighted by Crippen LogP contribution is -2.28. The largest absolute Gasteiger partial charge is 0.455 e. The molecule has 1 aliphatic rings. The van der Waals surface area contributed by atoms with Gasteiger partial charge in [0, 0.05) is 29.4 Å². The zero-order valence-electron chi connectivity index (χ0n) is 14.8. The summed E-state index contributed by atoms with van der Waals surface area (Å²) in [7, 11) is 0. The third-order valence-electron chi connectivity index (χ3n) is 4.36. The number of nitrogens with one attached hydrogen (secondary N) is 1. The van der Waals surface area contributed by atoms with Crippen LogP contribution < -0.4 is 10.2 Å². The Balaban J connectivity index is 1.53. The maximum Gasteiger partial charge on any atom is 0.311 e. The summed E-state index contributed by atoms with van der Waals surface area (Å²) in [5.74, 6) is -1.74. The van der Waals surface area contributed by atoms with Crippen molar-refractivity contribution < 1.29 is 19.1 Å². The number of benzene rings is 2. The van der Waals surface area contributed by atoms with Gasteiger partial charge in [0.15, 0.2) is 6.61 Å². The fraction of sp³-hybridized carbons (Fsp3) is 0.250. The molecule has 140 valence electrons. The molecule has 1 aliphatic heterocycles. The van der Waals surface area contributed by atoms with E-state index in [2.05, 4.69) is 5.32 Å². The molecular formula is C20H19ClN2O4. The van der Waals surface area contributed by atoms with Crippen LogP contribution >= 0.6 is 11.6 Å². The van der Waals surface area contributed by atoms with Crippen LogP contribution in [-0.4, -0.2) is 30.9 Å². The second kappa shape index (κ2) is 8.22. The molecule has 2 amide bonds. The predicted octanol–water partition coefficient (Wildman–Crippen LogP) is 3.18. The minimum Gasteiger partial charge on any atom is -0.455 e.